The second-order valence-corrected chi connectivity index (χ2v) is 4.73. The normalized spacial score (nSPS) is 12.4. The molecule has 0 spiro atoms. The van der Waals surface area contributed by atoms with Gasteiger partial charge in [0, 0.05) is 22.4 Å². The van der Waals surface area contributed by atoms with Crippen LogP contribution in [0.15, 0.2) is 30.6 Å². The Hall–Kier alpha value is -1.20. The van der Waals surface area contributed by atoms with Gasteiger partial charge in [0.25, 0.3) is 0 Å². The zero-order valence-electron chi connectivity index (χ0n) is 9.69. The summed E-state index contributed by atoms with van der Waals surface area (Å²) in [7, 11) is 0. The van der Waals surface area contributed by atoms with Gasteiger partial charge in [0.05, 0.1) is 0 Å². The summed E-state index contributed by atoms with van der Waals surface area (Å²) in [5.74, 6) is 6.11. The summed E-state index contributed by atoms with van der Waals surface area (Å²) in [4.78, 5) is 8.48. The van der Waals surface area contributed by atoms with E-state index >= 15 is 0 Å². The summed E-state index contributed by atoms with van der Waals surface area (Å²) < 4.78 is 0. The van der Waals surface area contributed by atoms with Crippen molar-refractivity contribution in [3.8, 4) is 0 Å². The highest BCUT2D eigenvalue weighted by Crippen LogP contribution is 2.28. The van der Waals surface area contributed by atoms with Gasteiger partial charge in [0.2, 0.25) is 0 Å². The molecule has 0 saturated heterocycles. The third kappa shape index (κ3) is 2.79. The Balaban J connectivity index is 2.44. The highest BCUT2D eigenvalue weighted by Gasteiger charge is 2.18. The van der Waals surface area contributed by atoms with Crippen LogP contribution in [0.2, 0.25) is 10.0 Å². The average molecular weight is 283 g/mol. The first kappa shape index (κ1) is 13.2. The van der Waals surface area contributed by atoms with Crippen LogP contribution in [0, 0.1) is 6.92 Å². The van der Waals surface area contributed by atoms with E-state index in [4.69, 9.17) is 29.0 Å². The molecule has 0 saturated carbocycles. The number of aromatic nitrogens is 2. The lowest BCUT2D eigenvalue weighted by Gasteiger charge is -2.16. The molecule has 1 aromatic heterocycles. The Morgan fingerprint density at radius 3 is 2.50 bits per heavy atom. The van der Waals surface area contributed by atoms with E-state index < -0.39 is 6.04 Å². The molecular formula is C12H12Cl2N4. The van der Waals surface area contributed by atoms with Crippen LogP contribution in [0.5, 0.6) is 0 Å². The number of rotatable bonds is 3. The maximum atomic E-state index is 6.14. The molecule has 6 heteroatoms. The minimum absolute atomic E-state index is 0.392. The van der Waals surface area contributed by atoms with E-state index in [1.807, 2.05) is 6.92 Å². The van der Waals surface area contributed by atoms with E-state index in [2.05, 4.69) is 15.4 Å². The largest absolute Gasteiger partial charge is 0.270 e. The molecule has 0 aliphatic carbocycles. The van der Waals surface area contributed by atoms with Crippen LogP contribution in [0.25, 0.3) is 0 Å². The first-order valence-electron chi connectivity index (χ1n) is 5.31. The van der Waals surface area contributed by atoms with Crippen LogP contribution in [0.1, 0.15) is 23.0 Å². The summed E-state index contributed by atoms with van der Waals surface area (Å²) in [6.45, 7) is 1.92. The molecule has 3 N–H and O–H groups in total. The highest BCUT2D eigenvalue weighted by atomic mass is 35.5. The predicted octanol–water partition coefficient (Wildman–Crippen LogP) is 2.64. The van der Waals surface area contributed by atoms with Crippen LogP contribution in [0.3, 0.4) is 0 Å². The van der Waals surface area contributed by atoms with Crippen molar-refractivity contribution in [3.63, 3.8) is 0 Å². The van der Waals surface area contributed by atoms with E-state index in [1.54, 1.807) is 30.6 Å². The summed E-state index contributed by atoms with van der Waals surface area (Å²) in [6, 6.07) is 4.80. The van der Waals surface area contributed by atoms with Crippen LogP contribution >= 0.6 is 23.2 Å². The lowest BCUT2D eigenvalue weighted by atomic mass is 10.1. The zero-order chi connectivity index (χ0) is 13.1. The second-order valence-electron chi connectivity index (χ2n) is 3.88. The number of nitrogens with two attached hydrogens (primary N) is 1. The molecule has 18 heavy (non-hydrogen) atoms. The number of benzene rings is 1. The third-order valence-electron chi connectivity index (χ3n) is 2.49. The van der Waals surface area contributed by atoms with Gasteiger partial charge in [-0.1, -0.05) is 23.2 Å². The van der Waals surface area contributed by atoms with Gasteiger partial charge >= 0.3 is 0 Å². The maximum absolute atomic E-state index is 6.14. The Morgan fingerprint density at radius 2 is 1.89 bits per heavy atom. The van der Waals surface area contributed by atoms with Crippen molar-refractivity contribution in [2.75, 3.05) is 0 Å². The van der Waals surface area contributed by atoms with E-state index in [0.29, 0.717) is 15.9 Å². The van der Waals surface area contributed by atoms with E-state index in [9.17, 15) is 0 Å². The smallest absolute Gasteiger partial charge is 0.150 e. The molecule has 1 heterocycles. The number of aryl methyl sites for hydroxylation is 1. The van der Waals surface area contributed by atoms with E-state index in [1.165, 1.54) is 0 Å². The van der Waals surface area contributed by atoms with Gasteiger partial charge in [-0.15, -0.1) is 0 Å². The SMILES string of the molecule is Cc1cnc(C(NN)c2cc(Cl)ccc2Cl)nc1. The van der Waals surface area contributed by atoms with Gasteiger partial charge in [0.15, 0.2) is 5.82 Å². The van der Waals surface area contributed by atoms with Gasteiger partial charge in [-0.3, -0.25) is 5.84 Å². The van der Waals surface area contributed by atoms with Gasteiger partial charge in [-0.2, -0.15) is 0 Å². The molecule has 94 valence electrons. The number of nitrogens with zero attached hydrogens (tertiary/aromatic N) is 2. The Kier molecular flexibility index (Phi) is 4.14. The lowest BCUT2D eigenvalue weighted by molar-refractivity contribution is 0.601. The second kappa shape index (κ2) is 5.63. The third-order valence-corrected chi connectivity index (χ3v) is 3.07. The minimum atomic E-state index is -0.392. The Labute approximate surface area is 115 Å². The van der Waals surface area contributed by atoms with Crippen LogP contribution in [-0.4, -0.2) is 9.97 Å². The van der Waals surface area contributed by atoms with Gasteiger partial charge in [0.1, 0.15) is 6.04 Å². The monoisotopic (exact) mass is 282 g/mol. The van der Waals surface area contributed by atoms with Crippen LogP contribution < -0.4 is 11.3 Å². The topological polar surface area (TPSA) is 63.8 Å². The van der Waals surface area contributed by atoms with Crippen LogP contribution in [-0.2, 0) is 0 Å². The summed E-state index contributed by atoms with van der Waals surface area (Å²) in [5, 5.41) is 1.15. The predicted molar refractivity (Wildman–Crippen MR) is 72.4 cm³/mol. The molecule has 2 rings (SSSR count). The molecule has 0 fully saturated rings. The minimum Gasteiger partial charge on any atom is -0.270 e. The van der Waals surface area contributed by atoms with Crippen molar-refractivity contribution in [2.24, 2.45) is 5.84 Å². The highest BCUT2D eigenvalue weighted by molar-refractivity contribution is 6.33. The lowest BCUT2D eigenvalue weighted by Crippen LogP contribution is -2.30. The molecule has 2 aromatic rings. The molecule has 0 amide bonds. The molecule has 0 radical (unpaired) electrons. The molecule has 1 atom stereocenters. The fraction of sp³-hybridized carbons (Fsp3) is 0.167. The summed E-state index contributed by atoms with van der Waals surface area (Å²) in [6.07, 6.45) is 3.45. The molecule has 0 aliphatic rings. The first-order chi connectivity index (χ1) is 8.61. The molecular weight excluding hydrogens is 271 g/mol. The van der Waals surface area contributed by atoms with Crippen LogP contribution in [0.4, 0.5) is 0 Å². The van der Waals surface area contributed by atoms with Crippen molar-refractivity contribution in [3.05, 3.63) is 57.6 Å². The summed E-state index contributed by atoms with van der Waals surface area (Å²) in [5.41, 5.74) is 4.38. The first-order valence-corrected chi connectivity index (χ1v) is 6.07. The van der Waals surface area contributed by atoms with Crippen molar-refractivity contribution < 1.29 is 0 Å². The standard InChI is InChI=1S/C12H12Cl2N4/c1-7-5-16-12(17-6-7)11(18-15)9-4-8(13)2-3-10(9)14/h2-6,11,18H,15H2,1H3. The quantitative estimate of drug-likeness (QED) is 0.671. The number of hydrogen-bond acceptors (Lipinski definition) is 4. The molecule has 1 aromatic carbocycles. The van der Waals surface area contributed by atoms with Crippen molar-refractivity contribution >= 4 is 23.2 Å². The molecule has 1 unspecified atom stereocenters. The Bertz CT molecular complexity index is 542. The number of hydrogen-bond donors (Lipinski definition) is 2. The van der Waals surface area contributed by atoms with Crippen molar-refractivity contribution in [1.82, 2.24) is 15.4 Å². The average Bonchev–Trinajstić information content (AvgIpc) is 2.37. The van der Waals surface area contributed by atoms with E-state index in [0.717, 1.165) is 11.1 Å². The fourth-order valence-corrected chi connectivity index (χ4v) is 2.00. The van der Waals surface area contributed by atoms with Gasteiger partial charge in [-0.05, 0) is 36.2 Å². The van der Waals surface area contributed by atoms with Gasteiger partial charge in [-0.25, -0.2) is 15.4 Å². The molecule has 4 nitrogen and oxygen atoms in total. The number of nitrogens with one attached hydrogen (secondary N) is 1. The summed E-state index contributed by atoms with van der Waals surface area (Å²) >= 11 is 12.1. The van der Waals surface area contributed by atoms with Gasteiger partial charge < -0.3 is 0 Å². The number of halogens is 2. The van der Waals surface area contributed by atoms with E-state index in [-0.39, 0.29) is 0 Å². The van der Waals surface area contributed by atoms with Crippen molar-refractivity contribution in [2.45, 2.75) is 13.0 Å². The Morgan fingerprint density at radius 1 is 1.22 bits per heavy atom. The van der Waals surface area contributed by atoms with Crippen molar-refractivity contribution in [1.29, 1.82) is 0 Å². The zero-order valence-corrected chi connectivity index (χ0v) is 11.2. The molecule has 0 bridgehead atoms. The fourth-order valence-electron chi connectivity index (χ4n) is 1.59. The number of hydrazine groups is 1. The maximum Gasteiger partial charge on any atom is 0.150 e. The molecule has 0 aliphatic heterocycles.